The number of aromatic hydroxyl groups is 1. The average Bonchev–Trinajstić information content (AvgIpc) is 2.76. The molecule has 35 heavy (non-hydrogen) atoms. The lowest BCUT2D eigenvalue weighted by atomic mass is 9.95. The lowest BCUT2D eigenvalue weighted by Crippen LogP contribution is -2.57. The van der Waals surface area contributed by atoms with E-state index < -0.39 is 88.6 Å². The Hall–Kier alpha value is -3.55. The number of ether oxygens (including phenoxy) is 1. The highest BCUT2D eigenvalue weighted by molar-refractivity contribution is 5.99. The molecular formula is C21H17F6N3O5. The predicted octanol–water partition coefficient (Wildman–Crippen LogP) is 2.25. The number of hydrogen-bond acceptors (Lipinski definition) is 5. The van der Waals surface area contributed by atoms with Gasteiger partial charge >= 0.3 is 6.18 Å². The van der Waals surface area contributed by atoms with E-state index in [2.05, 4.69) is 5.32 Å². The molecular weight excluding hydrogens is 488 g/mol. The number of halogens is 6. The van der Waals surface area contributed by atoms with E-state index in [1.54, 1.807) is 0 Å². The Morgan fingerprint density at radius 3 is 2.43 bits per heavy atom. The van der Waals surface area contributed by atoms with Crippen molar-refractivity contribution >= 4 is 11.8 Å². The first-order chi connectivity index (χ1) is 16.4. The highest BCUT2D eigenvalue weighted by atomic mass is 19.4. The summed E-state index contributed by atoms with van der Waals surface area (Å²) in [5.41, 5.74) is -3.48. The first-order valence-corrected chi connectivity index (χ1v) is 10.2. The zero-order valence-electron chi connectivity index (χ0n) is 17.7. The highest BCUT2D eigenvalue weighted by Gasteiger charge is 2.47. The zero-order chi connectivity index (χ0) is 25.7. The number of nitrogens with one attached hydrogen (secondary N) is 1. The van der Waals surface area contributed by atoms with Gasteiger partial charge in [0.25, 0.3) is 11.8 Å². The fourth-order valence-electron chi connectivity index (χ4n) is 4.26. The Kier molecular flexibility index (Phi) is 6.25. The summed E-state index contributed by atoms with van der Waals surface area (Å²) in [5.74, 6) is -7.44. The second-order valence-corrected chi connectivity index (χ2v) is 8.05. The van der Waals surface area contributed by atoms with Crippen LogP contribution in [0.5, 0.6) is 5.75 Å². The molecule has 8 nitrogen and oxygen atoms in total. The first kappa shape index (κ1) is 24.6. The monoisotopic (exact) mass is 505 g/mol. The molecule has 1 aromatic heterocycles. The third-order valence-electron chi connectivity index (χ3n) is 5.85. The first-order valence-electron chi connectivity index (χ1n) is 10.2. The van der Waals surface area contributed by atoms with E-state index in [0.717, 1.165) is 10.8 Å². The molecule has 0 aliphatic carbocycles. The van der Waals surface area contributed by atoms with Crippen molar-refractivity contribution in [3.05, 3.63) is 62.8 Å². The number of carbonyl (C=O) groups excluding carboxylic acids is 2. The molecule has 3 heterocycles. The minimum absolute atomic E-state index is 0.103. The van der Waals surface area contributed by atoms with Crippen molar-refractivity contribution in [2.24, 2.45) is 0 Å². The van der Waals surface area contributed by atoms with Gasteiger partial charge in [0.1, 0.15) is 29.6 Å². The molecule has 188 valence electrons. The number of pyridine rings is 1. The molecule has 0 unspecified atom stereocenters. The number of benzene rings is 1. The van der Waals surface area contributed by atoms with E-state index in [0.29, 0.717) is 17.0 Å². The molecule has 0 saturated carbocycles. The van der Waals surface area contributed by atoms with Crippen LogP contribution in [0.15, 0.2) is 23.1 Å². The van der Waals surface area contributed by atoms with Crippen LogP contribution in [0.3, 0.4) is 0 Å². The summed E-state index contributed by atoms with van der Waals surface area (Å²) in [6.07, 6.45) is -3.74. The van der Waals surface area contributed by atoms with Crippen molar-refractivity contribution in [1.29, 1.82) is 0 Å². The number of nitrogens with zero attached hydrogens (tertiary/aromatic N) is 2. The Bertz CT molecular complexity index is 1240. The zero-order valence-corrected chi connectivity index (χ0v) is 17.7. The minimum Gasteiger partial charge on any atom is -0.503 e. The van der Waals surface area contributed by atoms with Crippen molar-refractivity contribution in [1.82, 2.24) is 14.8 Å². The second kappa shape index (κ2) is 8.91. The molecule has 1 aromatic carbocycles. The Labute approximate surface area is 192 Å². The molecule has 0 bridgehead atoms. The summed E-state index contributed by atoms with van der Waals surface area (Å²) in [5, 5.41) is 12.5. The summed E-state index contributed by atoms with van der Waals surface area (Å²) in [6.45, 7) is -2.56. The molecule has 2 atom stereocenters. The SMILES string of the molecule is O=C(NCc1c(F)cc(F)cc1F)c1cn2c(c(O)c1=O)C(=O)N(CC(F)(F)F)[C@@H]1COCC[C@@H]12. The van der Waals surface area contributed by atoms with E-state index in [4.69, 9.17) is 4.74 Å². The van der Waals surface area contributed by atoms with Gasteiger partial charge in [-0.2, -0.15) is 13.2 Å². The van der Waals surface area contributed by atoms with Crippen LogP contribution in [-0.4, -0.2) is 58.4 Å². The second-order valence-electron chi connectivity index (χ2n) is 8.05. The summed E-state index contributed by atoms with van der Waals surface area (Å²) >= 11 is 0. The van der Waals surface area contributed by atoms with Gasteiger partial charge in [-0.05, 0) is 6.42 Å². The number of hydrogen-bond donors (Lipinski definition) is 2. The van der Waals surface area contributed by atoms with E-state index >= 15 is 0 Å². The standard InChI is InChI=1S/C21H17F6N3O5/c22-9-3-12(23)10(13(24)4-9)5-28-19(33)11-6-29-14-1-2-35-7-15(14)30(8-21(25,26)27)20(34)16(29)18(32)17(11)31/h3-4,6,14-15,32H,1-2,5,7-8H2,(H,28,33)/t14-,15+/m0/s1. The van der Waals surface area contributed by atoms with Crippen molar-refractivity contribution in [2.45, 2.75) is 31.2 Å². The number of rotatable bonds is 4. The maximum absolute atomic E-state index is 13.8. The van der Waals surface area contributed by atoms with Crippen LogP contribution in [0, 0.1) is 17.5 Å². The number of fused-ring (bicyclic) bond motifs is 3. The Morgan fingerprint density at radius 1 is 1.14 bits per heavy atom. The van der Waals surface area contributed by atoms with Crippen LogP contribution in [0.25, 0.3) is 0 Å². The predicted molar refractivity (Wildman–Crippen MR) is 105 cm³/mol. The van der Waals surface area contributed by atoms with E-state index in [1.807, 2.05) is 0 Å². The molecule has 2 amide bonds. The van der Waals surface area contributed by atoms with Crippen LogP contribution >= 0.6 is 0 Å². The molecule has 2 aromatic rings. The minimum atomic E-state index is -4.76. The van der Waals surface area contributed by atoms with Crippen LogP contribution < -0.4 is 10.7 Å². The van der Waals surface area contributed by atoms with Gasteiger partial charge in [-0.1, -0.05) is 0 Å². The normalized spacial score (nSPS) is 19.8. The van der Waals surface area contributed by atoms with Crippen molar-refractivity contribution < 1.29 is 45.8 Å². The van der Waals surface area contributed by atoms with Gasteiger partial charge < -0.3 is 24.6 Å². The molecule has 1 fully saturated rings. The van der Waals surface area contributed by atoms with Gasteiger partial charge in [-0.25, -0.2) is 13.2 Å². The molecule has 4 rings (SSSR count). The van der Waals surface area contributed by atoms with E-state index in [9.17, 15) is 45.8 Å². The van der Waals surface area contributed by atoms with E-state index in [1.165, 1.54) is 0 Å². The van der Waals surface area contributed by atoms with Gasteiger partial charge in [0.2, 0.25) is 5.43 Å². The van der Waals surface area contributed by atoms with Crippen molar-refractivity contribution in [2.75, 3.05) is 19.8 Å². The largest absolute Gasteiger partial charge is 0.503 e. The van der Waals surface area contributed by atoms with Crippen molar-refractivity contribution in [3.8, 4) is 5.75 Å². The quantitative estimate of drug-likeness (QED) is 0.621. The number of alkyl halides is 3. The molecule has 1 saturated heterocycles. The summed E-state index contributed by atoms with van der Waals surface area (Å²) in [7, 11) is 0. The topological polar surface area (TPSA) is 101 Å². The number of carbonyl (C=O) groups is 2. The maximum Gasteiger partial charge on any atom is 0.406 e. The van der Waals surface area contributed by atoms with E-state index in [-0.39, 0.29) is 19.6 Å². The summed E-state index contributed by atoms with van der Waals surface area (Å²) in [4.78, 5) is 38.6. The summed E-state index contributed by atoms with van der Waals surface area (Å²) in [6, 6.07) is -1.16. The molecule has 0 spiro atoms. The Morgan fingerprint density at radius 2 is 1.80 bits per heavy atom. The van der Waals surface area contributed by atoms with Gasteiger partial charge in [-0.3, -0.25) is 14.4 Å². The van der Waals surface area contributed by atoms with Gasteiger partial charge in [-0.15, -0.1) is 0 Å². The average molecular weight is 505 g/mol. The molecule has 0 radical (unpaired) electrons. The molecule has 2 aliphatic rings. The van der Waals surface area contributed by atoms with Crippen LogP contribution in [0.1, 0.15) is 38.9 Å². The third kappa shape index (κ3) is 4.57. The van der Waals surface area contributed by atoms with Crippen LogP contribution in [0.2, 0.25) is 0 Å². The Balaban J connectivity index is 1.70. The van der Waals surface area contributed by atoms with Gasteiger partial charge in [0, 0.05) is 37.0 Å². The molecule has 2 N–H and O–H groups in total. The third-order valence-corrected chi connectivity index (χ3v) is 5.85. The highest BCUT2D eigenvalue weighted by Crippen LogP contribution is 2.36. The van der Waals surface area contributed by atoms with Gasteiger partial charge in [0.05, 0.1) is 18.7 Å². The van der Waals surface area contributed by atoms with Gasteiger partial charge in [0.15, 0.2) is 11.4 Å². The number of amides is 2. The van der Waals surface area contributed by atoms with Crippen LogP contribution in [-0.2, 0) is 11.3 Å². The molecule has 14 heteroatoms. The van der Waals surface area contributed by atoms with Crippen molar-refractivity contribution in [3.63, 3.8) is 0 Å². The fraction of sp³-hybridized carbons (Fsp3) is 0.381. The maximum atomic E-state index is 13.8. The summed E-state index contributed by atoms with van der Waals surface area (Å²) < 4.78 is 86.4. The van der Waals surface area contributed by atoms with Crippen LogP contribution in [0.4, 0.5) is 26.3 Å². The number of aromatic nitrogens is 1. The lowest BCUT2D eigenvalue weighted by Gasteiger charge is -2.45. The fourth-order valence-corrected chi connectivity index (χ4v) is 4.26. The lowest BCUT2D eigenvalue weighted by molar-refractivity contribution is -0.153. The molecule has 2 aliphatic heterocycles. The smallest absolute Gasteiger partial charge is 0.406 e.